The van der Waals surface area contributed by atoms with Gasteiger partial charge in [0.1, 0.15) is 0 Å². The van der Waals surface area contributed by atoms with E-state index in [4.69, 9.17) is 5.26 Å². The number of rotatable bonds is 1. The maximum Gasteiger partial charge on any atom is 0.311 e. The Labute approximate surface area is 83.7 Å². The number of nitrogens with zero attached hydrogens (tertiary/aromatic N) is 1. The average Bonchev–Trinajstić information content (AvgIpc) is 2.72. The Bertz CT molecular complexity index is 294. The second-order valence-electron chi connectivity index (χ2n) is 4.51. The highest BCUT2D eigenvalue weighted by Gasteiger charge is 2.69. The number of nitriles is 1. The van der Waals surface area contributed by atoms with E-state index in [1.807, 2.05) is 0 Å². The summed E-state index contributed by atoms with van der Waals surface area (Å²) in [6.45, 7) is 0. The number of fused-ring (bicyclic) bond motifs is 1. The van der Waals surface area contributed by atoms with Crippen LogP contribution in [-0.2, 0) is 4.79 Å². The van der Waals surface area contributed by atoms with Crippen LogP contribution >= 0.6 is 0 Å². The van der Waals surface area contributed by atoms with E-state index in [-0.39, 0.29) is 11.8 Å². The number of carbonyl (C=O) groups is 1. The van der Waals surface area contributed by atoms with Gasteiger partial charge in [-0.2, -0.15) is 5.26 Å². The van der Waals surface area contributed by atoms with Crippen molar-refractivity contribution < 1.29 is 9.90 Å². The number of carboxylic acids is 1. The molecule has 2 aliphatic carbocycles. The van der Waals surface area contributed by atoms with Crippen LogP contribution in [0.3, 0.4) is 0 Å². The molecule has 3 unspecified atom stereocenters. The van der Waals surface area contributed by atoms with E-state index in [1.165, 1.54) is 6.42 Å². The van der Waals surface area contributed by atoms with Crippen LogP contribution in [0.15, 0.2) is 0 Å². The van der Waals surface area contributed by atoms with E-state index in [9.17, 15) is 9.90 Å². The van der Waals surface area contributed by atoms with Crippen molar-refractivity contribution in [2.75, 3.05) is 0 Å². The Morgan fingerprint density at radius 3 is 2.71 bits per heavy atom. The van der Waals surface area contributed by atoms with Gasteiger partial charge in [-0.25, -0.2) is 0 Å². The number of carboxylic acid groups (broad SMARTS) is 1. The lowest BCUT2D eigenvalue weighted by Gasteiger charge is -2.14. The van der Waals surface area contributed by atoms with Gasteiger partial charge in [-0.3, -0.25) is 4.79 Å². The molecule has 2 rings (SSSR count). The molecule has 0 heterocycles. The molecule has 1 N–H and O–H groups in total. The molecule has 0 radical (unpaired) electrons. The Morgan fingerprint density at radius 1 is 1.36 bits per heavy atom. The minimum atomic E-state index is -0.740. The zero-order valence-electron chi connectivity index (χ0n) is 8.20. The summed E-state index contributed by atoms with van der Waals surface area (Å²) < 4.78 is 0. The lowest BCUT2D eigenvalue weighted by molar-refractivity contribution is -0.144. The first kappa shape index (κ1) is 9.51. The zero-order chi connectivity index (χ0) is 10.2. The molecular formula is C11H15NO2. The quantitative estimate of drug-likeness (QED) is 0.694. The summed E-state index contributed by atoms with van der Waals surface area (Å²) in [6.07, 6.45) is 6.04. The monoisotopic (exact) mass is 193 g/mol. The summed E-state index contributed by atoms with van der Waals surface area (Å²) in [5.74, 6) is -0.806. The van der Waals surface area contributed by atoms with Gasteiger partial charge in [-0.15, -0.1) is 0 Å². The zero-order valence-corrected chi connectivity index (χ0v) is 8.20. The van der Waals surface area contributed by atoms with E-state index >= 15 is 0 Å². The summed E-state index contributed by atoms with van der Waals surface area (Å²) in [4.78, 5) is 11.2. The maximum atomic E-state index is 11.2. The summed E-state index contributed by atoms with van der Waals surface area (Å²) in [7, 11) is 0. The van der Waals surface area contributed by atoms with Gasteiger partial charge >= 0.3 is 5.97 Å². The fourth-order valence-corrected chi connectivity index (χ4v) is 3.02. The molecule has 0 amide bonds. The van der Waals surface area contributed by atoms with Gasteiger partial charge in [0.2, 0.25) is 0 Å². The van der Waals surface area contributed by atoms with Gasteiger partial charge in [0.25, 0.3) is 0 Å². The standard InChI is InChI=1S/C11H15NO2/c12-7-9-8-5-3-1-2-4-6-11(8,9)10(13)14/h8-9H,1-6H2,(H,13,14). The van der Waals surface area contributed by atoms with Gasteiger partial charge < -0.3 is 5.11 Å². The average molecular weight is 193 g/mol. The van der Waals surface area contributed by atoms with Crippen LogP contribution in [0.5, 0.6) is 0 Å². The third kappa shape index (κ3) is 1.13. The Hall–Kier alpha value is -1.04. The SMILES string of the molecule is N#CC1C2CCCCCCC12C(=O)O. The van der Waals surface area contributed by atoms with Crippen LogP contribution in [0.1, 0.15) is 38.5 Å². The van der Waals surface area contributed by atoms with E-state index in [0.717, 1.165) is 25.7 Å². The summed E-state index contributed by atoms with van der Waals surface area (Å²) in [6, 6.07) is 2.18. The first-order valence-corrected chi connectivity index (χ1v) is 5.36. The van der Waals surface area contributed by atoms with Gasteiger partial charge in [-0.05, 0) is 18.8 Å². The molecule has 2 aliphatic rings. The maximum absolute atomic E-state index is 11.2. The number of hydrogen-bond acceptors (Lipinski definition) is 2. The van der Waals surface area contributed by atoms with Crippen LogP contribution in [0, 0.1) is 28.6 Å². The third-order valence-electron chi connectivity index (χ3n) is 3.90. The van der Waals surface area contributed by atoms with Crippen molar-refractivity contribution in [3.05, 3.63) is 0 Å². The minimum Gasteiger partial charge on any atom is -0.481 e. The van der Waals surface area contributed by atoms with Crippen molar-refractivity contribution in [2.45, 2.75) is 38.5 Å². The topological polar surface area (TPSA) is 61.1 Å². The van der Waals surface area contributed by atoms with E-state index in [0.29, 0.717) is 6.42 Å². The highest BCUT2D eigenvalue weighted by molar-refractivity contribution is 5.80. The van der Waals surface area contributed by atoms with Gasteiger partial charge in [0.05, 0.1) is 17.4 Å². The first-order valence-electron chi connectivity index (χ1n) is 5.36. The highest BCUT2D eigenvalue weighted by atomic mass is 16.4. The predicted octanol–water partition coefficient (Wildman–Crippen LogP) is 2.18. The second-order valence-corrected chi connectivity index (χ2v) is 4.51. The minimum absolute atomic E-state index is 0.144. The molecule has 0 saturated heterocycles. The van der Waals surface area contributed by atoms with E-state index < -0.39 is 11.4 Å². The molecule has 76 valence electrons. The van der Waals surface area contributed by atoms with Crippen LogP contribution in [0.25, 0.3) is 0 Å². The summed E-state index contributed by atoms with van der Waals surface area (Å²) in [5, 5.41) is 18.1. The van der Waals surface area contributed by atoms with Crippen LogP contribution in [0.2, 0.25) is 0 Å². The Kier molecular flexibility index (Phi) is 2.22. The van der Waals surface area contributed by atoms with Crippen LogP contribution in [-0.4, -0.2) is 11.1 Å². The van der Waals surface area contributed by atoms with Gasteiger partial charge in [-0.1, -0.05) is 25.7 Å². The molecule has 3 nitrogen and oxygen atoms in total. The molecule has 2 saturated carbocycles. The van der Waals surface area contributed by atoms with Crippen molar-refractivity contribution in [3.8, 4) is 6.07 Å². The van der Waals surface area contributed by atoms with Crippen molar-refractivity contribution in [2.24, 2.45) is 17.3 Å². The molecule has 0 aromatic rings. The lowest BCUT2D eigenvalue weighted by Crippen LogP contribution is -2.20. The molecule has 14 heavy (non-hydrogen) atoms. The normalized spacial score (nSPS) is 41.4. The molecule has 0 spiro atoms. The highest BCUT2D eigenvalue weighted by Crippen LogP contribution is 2.64. The van der Waals surface area contributed by atoms with Crippen molar-refractivity contribution in [3.63, 3.8) is 0 Å². The summed E-state index contributed by atoms with van der Waals surface area (Å²) in [5.41, 5.74) is -0.658. The molecule has 0 aliphatic heterocycles. The fraction of sp³-hybridized carbons (Fsp3) is 0.818. The first-order chi connectivity index (χ1) is 6.73. The summed E-state index contributed by atoms with van der Waals surface area (Å²) >= 11 is 0. The Morgan fingerprint density at radius 2 is 2.07 bits per heavy atom. The molecule has 3 heteroatoms. The third-order valence-corrected chi connectivity index (χ3v) is 3.90. The van der Waals surface area contributed by atoms with Crippen molar-refractivity contribution in [1.29, 1.82) is 5.26 Å². The Balaban J connectivity index is 2.19. The molecule has 0 aromatic carbocycles. The van der Waals surface area contributed by atoms with Crippen molar-refractivity contribution in [1.82, 2.24) is 0 Å². The predicted molar refractivity (Wildman–Crippen MR) is 50.4 cm³/mol. The molecule has 2 fully saturated rings. The van der Waals surface area contributed by atoms with E-state index in [1.54, 1.807) is 0 Å². The van der Waals surface area contributed by atoms with Gasteiger partial charge in [0, 0.05) is 0 Å². The smallest absolute Gasteiger partial charge is 0.311 e. The number of aliphatic carboxylic acids is 1. The van der Waals surface area contributed by atoms with Crippen LogP contribution in [0.4, 0.5) is 0 Å². The van der Waals surface area contributed by atoms with Crippen LogP contribution < -0.4 is 0 Å². The van der Waals surface area contributed by atoms with E-state index in [2.05, 4.69) is 6.07 Å². The van der Waals surface area contributed by atoms with Gasteiger partial charge in [0.15, 0.2) is 0 Å². The fourth-order valence-electron chi connectivity index (χ4n) is 3.02. The lowest BCUT2D eigenvalue weighted by atomic mass is 9.90. The second kappa shape index (κ2) is 3.27. The number of hydrogen-bond donors (Lipinski definition) is 1. The molecular weight excluding hydrogens is 178 g/mol. The molecule has 3 atom stereocenters. The largest absolute Gasteiger partial charge is 0.481 e. The molecule has 0 aromatic heterocycles. The van der Waals surface area contributed by atoms with Crippen molar-refractivity contribution >= 4 is 5.97 Å². The molecule has 0 bridgehead atoms.